The van der Waals surface area contributed by atoms with Crippen LogP contribution < -0.4 is 0 Å². The van der Waals surface area contributed by atoms with E-state index in [1.807, 2.05) is 16.9 Å². The first-order valence-electron chi connectivity index (χ1n) is 9.35. The van der Waals surface area contributed by atoms with E-state index in [0.29, 0.717) is 6.04 Å². The van der Waals surface area contributed by atoms with Crippen LogP contribution in [0.1, 0.15) is 24.8 Å². The summed E-state index contributed by atoms with van der Waals surface area (Å²) in [5.74, 6) is -0.216. The molecule has 1 saturated heterocycles. The SMILES string of the molecule is Fc1ccc(-c2ccn(C[C@@H]3CCCCN3Cc3ccccc3)n2)cc1. The van der Waals surface area contributed by atoms with Crippen LogP contribution in [0.2, 0.25) is 0 Å². The van der Waals surface area contributed by atoms with E-state index < -0.39 is 0 Å². The van der Waals surface area contributed by atoms with E-state index in [1.165, 1.54) is 37.0 Å². The maximum atomic E-state index is 13.1. The van der Waals surface area contributed by atoms with Crippen molar-refractivity contribution in [3.8, 4) is 11.3 Å². The Balaban J connectivity index is 1.45. The van der Waals surface area contributed by atoms with Gasteiger partial charge in [0.1, 0.15) is 5.82 Å². The summed E-state index contributed by atoms with van der Waals surface area (Å²) in [5, 5.41) is 4.71. The lowest BCUT2D eigenvalue weighted by atomic mass is 10.0. The molecule has 0 N–H and O–H groups in total. The Kier molecular flexibility index (Phi) is 5.12. The van der Waals surface area contributed by atoms with Gasteiger partial charge < -0.3 is 0 Å². The molecule has 4 rings (SSSR count). The quantitative estimate of drug-likeness (QED) is 0.663. The molecule has 0 spiro atoms. The summed E-state index contributed by atoms with van der Waals surface area (Å²) in [4.78, 5) is 2.58. The highest BCUT2D eigenvalue weighted by Crippen LogP contribution is 2.22. The van der Waals surface area contributed by atoms with E-state index in [1.54, 1.807) is 12.1 Å². The van der Waals surface area contributed by atoms with Crippen LogP contribution in [-0.2, 0) is 13.1 Å². The summed E-state index contributed by atoms with van der Waals surface area (Å²) >= 11 is 0. The number of rotatable bonds is 5. The van der Waals surface area contributed by atoms with Gasteiger partial charge in [-0.1, -0.05) is 36.8 Å². The first-order valence-corrected chi connectivity index (χ1v) is 9.35. The number of aromatic nitrogens is 2. The number of hydrogen-bond donors (Lipinski definition) is 0. The van der Waals surface area contributed by atoms with Crippen LogP contribution in [0.3, 0.4) is 0 Å². The van der Waals surface area contributed by atoms with E-state index in [-0.39, 0.29) is 5.82 Å². The number of halogens is 1. The average Bonchev–Trinajstić information content (AvgIpc) is 3.13. The van der Waals surface area contributed by atoms with Gasteiger partial charge in [-0.05, 0) is 55.3 Å². The van der Waals surface area contributed by atoms with Crippen LogP contribution >= 0.6 is 0 Å². The summed E-state index contributed by atoms with van der Waals surface area (Å²) < 4.78 is 15.1. The Morgan fingerprint density at radius 2 is 1.77 bits per heavy atom. The maximum Gasteiger partial charge on any atom is 0.123 e. The van der Waals surface area contributed by atoms with E-state index in [2.05, 4.69) is 35.2 Å². The van der Waals surface area contributed by atoms with Gasteiger partial charge in [-0.3, -0.25) is 9.58 Å². The van der Waals surface area contributed by atoms with Gasteiger partial charge in [-0.25, -0.2) is 4.39 Å². The summed E-state index contributed by atoms with van der Waals surface area (Å²) in [5.41, 5.74) is 3.22. The Morgan fingerprint density at radius 1 is 0.962 bits per heavy atom. The van der Waals surface area contributed by atoms with Gasteiger partial charge in [0.15, 0.2) is 0 Å². The van der Waals surface area contributed by atoms with Crippen LogP contribution in [-0.4, -0.2) is 27.3 Å². The minimum atomic E-state index is -0.216. The molecule has 1 atom stereocenters. The normalized spacial score (nSPS) is 18.1. The molecule has 1 aliphatic heterocycles. The smallest absolute Gasteiger partial charge is 0.123 e. The highest BCUT2D eigenvalue weighted by Gasteiger charge is 2.23. The molecule has 1 aliphatic rings. The molecule has 1 fully saturated rings. The van der Waals surface area contributed by atoms with Crippen LogP contribution in [0, 0.1) is 5.82 Å². The molecule has 26 heavy (non-hydrogen) atoms. The van der Waals surface area contributed by atoms with Crippen molar-refractivity contribution in [3.05, 3.63) is 78.2 Å². The van der Waals surface area contributed by atoms with E-state index in [0.717, 1.165) is 30.9 Å². The third kappa shape index (κ3) is 4.02. The minimum absolute atomic E-state index is 0.216. The summed E-state index contributed by atoms with van der Waals surface area (Å²) in [6.45, 7) is 3.04. The van der Waals surface area contributed by atoms with Gasteiger partial charge in [0.05, 0.1) is 12.2 Å². The molecular weight excluding hydrogens is 325 g/mol. The molecule has 1 aromatic heterocycles. The molecule has 0 saturated carbocycles. The maximum absolute atomic E-state index is 13.1. The van der Waals surface area contributed by atoms with Crippen molar-refractivity contribution >= 4 is 0 Å². The molecule has 2 aromatic carbocycles. The fraction of sp³-hybridized carbons (Fsp3) is 0.318. The van der Waals surface area contributed by atoms with Gasteiger partial charge in [-0.2, -0.15) is 5.10 Å². The van der Waals surface area contributed by atoms with Gasteiger partial charge in [0.2, 0.25) is 0 Å². The zero-order valence-corrected chi connectivity index (χ0v) is 14.9. The first-order chi connectivity index (χ1) is 12.8. The van der Waals surface area contributed by atoms with E-state index in [4.69, 9.17) is 5.10 Å². The van der Waals surface area contributed by atoms with Crippen molar-refractivity contribution in [3.63, 3.8) is 0 Å². The van der Waals surface area contributed by atoms with Crippen molar-refractivity contribution in [2.24, 2.45) is 0 Å². The fourth-order valence-corrected chi connectivity index (χ4v) is 3.75. The third-order valence-corrected chi connectivity index (χ3v) is 5.16. The van der Waals surface area contributed by atoms with Crippen molar-refractivity contribution in [2.75, 3.05) is 6.54 Å². The Hall–Kier alpha value is -2.46. The molecule has 0 radical (unpaired) electrons. The van der Waals surface area contributed by atoms with Crippen LogP contribution in [0.25, 0.3) is 11.3 Å². The second-order valence-corrected chi connectivity index (χ2v) is 7.04. The predicted molar refractivity (Wildman–Crippen MR) is 102 cm³/mol. The summed E-state index contributed by atoms with van der Waals surface area (Å²) in [7, 11) is 0. The van der Waals surface area contributed by atoms with Crippen molar-refractivity contribution < 1.29 is 4.39 Å². The van der Waals surface area contributed by atoms with E-state index in [9.17, 15) is 4.39 Å². The van der Waals surface area contributed by atoms with Crippen LogP contribution in [0.5, 0.6) is 0 Å². The molecule has 0 aliphatic carbocycles. The zero-order valence-electron chi connectivity index (χ0n) is 14.9. The lowest BCUT2D eigenvalue weighted by molar-refractivity contribution is 0.122. The molecule has 4 heteroatoms. The lowest BCUT2D eigenvalue weighted by Crippen LogP contribution is -2.41. The van der Waals surface area contributed by atoms with Crippen molar-refractivity contribution in [1.82, 2.24) is 14.7 Å². The topological polar surface area (TPSA) is 21.1 Å². The predicted octanol–water partition coefficient (Wildman–Crippen LogP) is 4.74. The standard InChI is InChI=1S/C22H24FN3/c23-20-11-9-19(10-12-20)22-13-15-26(24-22)17-21-8-4-5-14-25(21)16-18-6-2-1-3-7-18/h1-3,6-7,9-13,15,21H,4-5,8,14,16-17H2/t21-/m0/s1. The molecule has 3 nitrogen and oxygen atoms in total. The Labute approximate surface area is 154 Å². The summed E-state index contributed by atoms with van der Waals surface area (Å²) in [6, 6.07) is 19.7. The summed E-state index contributed by atoms with van der Waals surface area (Å²) in [6.07, 6.45) is 5.79. The number of piperidine rings is 1. The number of likely N-dealkylation sites (tertiary alicyclic amines) is 1. The first kappa shape index (κ1) is 17.0. The lowest BCUT2D eigenvalue weighted by Gasteiger charge is -2.35. The molecule has 0 amide bonds. The van der Waals surface area contributed by atoms with Gasteiger partial charge in [-0.15, -0.1) is 0 Å². The Bertz CT molecular complexity index is 826. The largest absolute Gasteiger partial charge is 0.294 e. The second kappa shape index (κ2) is 7.83. The molecule has 134 valence electrons. The highest BCUT2D eigenvalue weighted by molar-refractivity contribution is 5.58. The Morgan fingerprint density at radius 3 is 2.58 bits per heavy atom. The average molecular weight is 349 g/mol. The van der Waals surface area contributed by atoms with Crippen LogP contribution in [0.4, 0.5) is 4.39 Å². The molecule has 0 bridgehead atoms. The fourth-order valence-electron chi connectivity index (χ4n) is 3.75. The molecule has 0 unspecified atom stereocenters. The second-order valence-electron chi connectivity index (χ2n) is 7.04. The van der Waals surface area contributed by atoms with Gasteiger partial charge in [0.25, 0.3) is 0 Å². The molecular formula is C22H24FN3. The monoisotopic (exact) mass is 349 g/mol. The number of benzene rings is 2. The minimum Gasteiger partial charge on any atom is -0.294 e. The number of hydrogen-bond acceptors (Lipinski definition) is 2. The molecule has 2 heterocycles. The zero-order chi connectivity index (χ0) is 17.8. The third-order valence-electron chi connectivity index (χ3n) is 5.16. The van der Waals surface area contributed by atoms with Crippen molar-refractivity contribution in [1.29, 1.82) is 0 Å². The number of nitrogens with zero attached hydrogens (tertiary/aromatic N) is 3. The van der Waals surface area contributed by atoms with Crippen LogP contribution in [0.15, 0.2) is 66.9 Å². The highest BCUT2D eigenvalue weighted by atomic mass is 19.1. The van der Waals surface area contributed by atoms with Gasteiger partial charge >= 0.3 is 0 Å². The van der Waals surface area contributed by atoms with Gasteiger partial charge in [0, 0.05) is 24.3 Å². The van der Waals surface area contributed by atoms with Crippen molar-refractivity contribution in [2.45, 2.75) is 38.4 Å². The molecule has 3 aromatic rings. The van der Waals surface area contributed by atoms with E-state index >= 15 is 0 Å².